The largest absolute Gasteiger partial charge is 0.445 e. The van der Waals surface area contributed by atoms with Crippen molar-refractivity contribution >= 4 is 30.1 Å². The van der Waals surface area contributed by atoms with Crippen LogP contribution in [0.4, 0.5) is 4.79 Å². The summed E-state index contributed by atoms with van der Waals surface area (Å²) in [6.07, 6.45) is 2.63. The summed E-state index contributed by atoms with van der Waals surface area (Å²) >= 11 is 0. The van der Waals surface area contributed by atoms with Gasteiger partial charge < -0.3 is 30.8 Å². The van der Waals surface area contributed by atoms with Gasteiger partial charge in [-0.1, -0.05) is 50.3 Å². The number of rotatable bonds is 13. The number of aldehydes is 1. The van der Waals surface area contributed by atoms with Crippen molar-refractivity contribution in [2.24, 2.45) is 11.8 Å². The van der Waals surface area contributed by atoms with Crippen LogP contribution in [0.1, 0.15) is 52.5 Å². The van der Waals surface area contributed by atoms with Gasteiger partial charge in [-0.15, -0.1) is 0 Å². The molecular weight excluding hydrogens is 476 g/mol. The molecule has 4 N–H and O–H groups in total. The maximum Gasteiger partial charge on any atom is 0.408 e. The maximum atomic E-state index is 13.2. The SMILES string of the molecule is C/C=C(/C)[C@H](NC(=O)OCc1ccccc1)C(=O)N[C@@H](CC(C)C)C(=O)N[C@H](C=O)C[C@@H]1CCNC1=O. The summed E-state index contributed by atoms with van der Waals surface area (Å²) in [7, 11) is 0. The summed E-state index contributed by atoms with van der Waals surface area (Å²) in [6, 6.07) is 6.29. The van der Waals surface area contributed by atoms with Gasteiger partial charge in [0.1, 0.15) is 25.0 Å². The number of carbonyl (C=O) groups is 5. The summed E-state index contributed by atoms with van der Waals surface area (Å²) in [5, 5.41) is 10.7. The number of allylic oxidation sites excluding steroid dienone is 1. The highest BCUT2D eigenvalue weighted by Gasteiger charge is 2.32. The van der Waals surface area contributed by atoms with Gasteiger partial charge in [0.15, 0.2) is 0 Å². The standard InChI is InChI=1S/C27H38N4O6/c1-5-18(4)23(31-27(36)37-16-19-9-7-6-8-10-19)26(35)30-22(13-17(2)3)25(34)29-21(15-32)14-20-11-12-28-24(20)33/h5-10,15,17,20-23H,11-14,16H2,1-4H3,(H,28,33)(H,29,34)(H,30,35)(H,31,36)/b18-5-/t20-,21-,22-,23-/m0/s1. The number of carbonyl (C=O) groups excluding carboxylic acids is 5. The van der Waals surface area contributed by atoms with E-state index < -0.39 is 36.0 Å². The third-order valence-corrected chi connectivity index (χ3v) is 6.18. The Morgan fingerprint density at radius 2 is 1.81 bits per heavy atom. The summed E-state index contributed by atoms with van der Waals surface area (Å²) < 4.78 is 5.25. The van der Waals surface area contributed by atoms with Crippen LogP contribution in [0.3, 0.4) is 0 Å². The molecule has 2 rings (SSSR count). The predicted octanol–water partition coefficient (Wildman–Crippen LogP) is 1.99. The second-order valence-electron chi connectivity index (χ2n) is 9.63. The Morgan fingerprint density at radius 3 is 2.38 bits per heavy atom. The van der Waals surface area contributed by atoms with Crippen LogP contribution in [0.2, 0.25) is 0 Å². The average Bonchev–Trinajstić information content (AvgIpc) is 3.28. The second-order valence-corrected chi connectivity index (χ2v) is 9.63. The molecule has 0 unspecified atom stereocenters. The highest BCUT2D eigenvalue weighted by atomic mass is 16.5. The maximum absolute atomic E-state index is 13.2. The van der Waals surface area contributed by atoms with E-state index in [1.165, 1.54) is 0 Å². The Balaban J connectivity index is 2.05. The van der Waals surface area contributed by atoms with Gasteiger partial charge >= 0.3 is 6.09 Å². The molecule has 0 bridgehead atoms. The molecular formula is C27H38N4O6. The van der Waals surface area contributed by atoms with Crippen LogP contribution >= 0.6 is 0 Å². The van der Waals surface area contributed by atoms with Crippen molar-refractivity contribution < 1.29 is 28.7 Å². The van der Waals surface area contributed by atoms with Gasteiger partial charge in [-0.05, 0) is 50.2 Å². The van der Waals surface area contributed by atoms with Gasteiger partial charge in [0, 0.05) is 12.5 Å². The topological polar surface area (TPSA) is 143 Å². The van der Waals surface area contributed by atoms with Gasteiger partial charge in [-0.25, -0.2) is 4.79 Å². The average molecular weight is 515 g/mol. The van der Waals surface area contributed by atoms with Crippen LogP contribution < -0.4 is 21.3 Å². The first-order valence-corrected chi connectivity index (χ1v) is 12.6. The molecule has 1 heterocycles. The lowest BCUT2D eigenvalue weighted by molar-refractivity contribution is -0.131. The third kappa shape index (κ3) is 9.70. The molecule has 0 spiro atoms. The molecule has 0 aliphatic carbocycles. The molecule has 202 valence electrons. The van der Waals surface area contributed by atoms with Gasteiger partial charge in [-0.3, -0.25) is 14.4 Å². The first-order valence-electron chi connectivity index (χ1n) is 12.6. The molecule has 10 heteroatoms. The van der Waals surface area contributed by atoms with E-state index in [9.17, 15) is 24.0 Å². The molecule has 4 amide bonds. The fourth-order valence-electron chi connectivity index (χ4n) is 4.00. The lowest BCUT2D eigenvalue weighted by Gasteiger charge is -2.26. The third-order valence-electron chi connectivity index (χ3n) is 6.18. The fraction of sp³-hybridized carbons (Fsp3) is 0.519. The van der Waals surface area contributed by atoms with Gasteiger partial charge in [0.2, 0.25) is 17.7 Å². The molecule has 0 aromatic heterocycles. The minimum atomic E-state index is -1.06. The molecule has 10 nitrogen and oxygen atoms in total. The van der Waals surface area contributed by atoms with Crippen LogP contribution in [0, 0.1) is 11.8 Å². The molecule has 1 fully saturated rings. The number of hydrogen-bond donors (Lipinski definition) is 4. The Labute approximate surface area is 218 Å². The Hall–Kier alpha value is -3.69. The van der Waals surface area contributed by atoms with E-state index in [0.717, 1.165) is 5.56 Å². The first-order chi connectivity index (χ1) is 17.6. The van der Waals surface area contributed by atoms with Crippen molar-refractivity contribution in [3.8, 4) is 0 Å². The van der Waals surface area contributed by atoms with E-state index in [-0.39, 0.29) is 30.8 Å². The quantitative estimate of drug-likeness (QED) is 0.234. The molecule has 37 heavy (non-hydrogen) atoms. The van der Waals surface area contributed by atoms with Crippen molar-refractivity contribution in [3.63, 3.8) is 0 Å². The van der Waals surface area contributed by atoms with Gasteiger partial charge in [-0.2, -0.15) is 0 Å². The van der Waals surface area contributed by atoms with Crippen molar-refractivity contribution in [1.82, 2.24) is 21.3 Å². The number of benzene rings is 1. The monoisotopic (exact) mass is 514 g/mol. The molecule has 1 aromatic carbocycles. The van der Waals surface area contributed by atoms with E-state index in [4.69, 9.17) is 4.74 Å². The number of amides is 4. The molecule has 0 radical (unpaired) electrons. The minimum Gasteiger partial charge on any atom is -0.445 e. The van der Waals surface area contributed by atoms with Crippen molar-refractivity contribution in [2.75, 3.05) is 6.54 Å². The zero-order valence-corrected chi connectivity index (χ0v) is 21.9. The summed E-state index contributed by atoms with van der Waals surface area (Å²) in [5.74, 6) is -1.53. The van der Waals surface area contributed by atoms with E-state index >= 15 is 0 Å². The van der Waals surface area contributed by atoms with Crippen LogP contribution in [0.25, 0.3) is 0 Å². The lowest BCUT2D eigenvalue weighted by atomic mass is 9.97. The smallest absolute Gasteiger partial charge is 0.408 e. The lowest BCUT2D eigenvalue weighted by Crippen LogP contribution is -2.56. The molecule has 0 saturated carbocycles. The van der Waals surface area contributed by atoms with E-state index in [0.29, 0.717) is 31.2 Å². The van der Waals surface area contributed by atoms with Gasteiger partial charge in [0.25, 0.3) is 0 Å². The van der Waals surface area contributed by atoms with Crippen LogP contribution in [0.5, 0.6) is 0 Å². The Kier molecular flexibility index (Phi) is 11.8. The number of ether oxygens (including phenoxy) is 1. The predicted molar refractivity (Wildman–Crippen MR) is 138 cm³/mol. The summed E-state index contributed by atoms with van der Waals surface area (Å²) in [5.41, 5.74) is 1.37. The van der Waals surface area contributed by atoms with E-state index in [1.54, 1.807) is 19.9 Å². The van der Waals surface area contributed by atoms with E-state index in [1.807, 2.05) is 44.2 Å². The minimum absolute atomic E-state index is 0.0420. The summed E-state index contributed by atoms with van der Waals surface area (Å²) in [6.45, 7) is 7.82. The summed E-state index contributed by atoms with van der Waals surface area (Å²) in [4.78, 5) is 62.2. The van der Waals surface area contributed by atoms with Crippen LogP contribution in [-0.4, -0.2) is 54.8 Å². The Morgan fingerprint density at radius 1 is 1.11 bits per heavy atom. The van der Waals surface area contributed by atoms with Crippen molar-refractivity contribution in [2.45, 2.75) is 71.7 Å². The second kappa shape index (κ2) is 14.8. The molecule has 1 aliphatic rings. The zero-order valence-electron chi connectivity index (χ0n) is 21.9. The molecule has 1 aromatic rings. The van der Waals surface area contributed by atoms with Crippen molar-refractivity contribution in [1.29, 1.82) is 0 Å². The normalized spacial score (nSPS) is 17.8. The molecule has 4 atom stereocenters. The fourth-order valence-corrected chi connectivity index (χ4v) is 4.00. The first kappa shape index (κ1) is 29.5. The van der Waals surface area contributed by atoms with Crippen LogP contribution in [0.15, 0.2) is 42.0 Å². The molecule has 1 aliphatic heterocycles. The number of hydrogen-bond acceptors (Lipinski definition) is 6. The highest BCUT2D eigenvalue weighted by molar-refractivity contribution is 5.93. The van der Waals surface area contributed by atoms with Gasteiger partial charge in [0.05, 0.1) is 6.04 Å². The number of alkyl carbamates (subject to hydrolysis) is 1. The zero-order chi connectivity index (χ0) is 27.4. The van der Waals surface area contributed by atoms with Crippen molar-refractivity contribution in [3.05, 3.63) is 47.5 Å². The molecule has 1 saturated heterocycles. The van der Waals surface area contributed by atoms with Crippen LogP contribution in [-0.2, 0) is 30.5 Å². The number of nitrogens with one attached hydrogen (secondary N) is 4. The highest BCUT2D eigenvalue weighted by Crippen LogP contribution is 2.16. The Bertz CT molecular complexity index is 978. The van der Waals surface area contributed by atoms with E-state index in [2.05, 4.69) is 21.3 Å².